The van der Waals surface area contributed by atoms with Gasteiger partial charge < -0.3 is 0 Å². The van der Waals surface area contributed by atoms with Crippen molar-refractivity contribution in [1.29, 1.82) is 0 Å². The van der Waals surface area contributed by atoms with E-state index in [0.29, 0.717) is 13.1 Å². The maximum Gasteiger partial charge on any atom is 0.279 e. The van der Waals surface area contributed by atoms with Crippen molar-refractivity contribution in [2.24, 2.45) is 0 Å². The summed E-state index contributed by atoms with van der Waals surface area (Å²) in [5.74, 6) is 0. The molecule has 0 spiro atoms. The van der Waals surface area contributed by atoms with E-state index < -0.39 is 15.7 Å². The highest BCUT2D eigenvalue weighted by Gasteiger charge is 2.24. The lowest BCUT2D eigenvalue weighted by molar-refractivity contribution is 0.407. The topological polar surface area (TPSA) is 49.4 Å². The first-order valence-corrected chi connectivity index (χ1v) is 5.96. The largest absolute Gasteiger partial charge is 0.279 e. The summed E-state index contributed by atoms with van der Waals surface area (Å²) in [7, 11) is -3.30. The van der Waals surface area contributed by atoms with Gasteiger partial charge in [0.2, 0.25) is 0 Å². The van der Waals surface area contributed by atoms with Crippen molar-refractivity contribution in [2.75, 3.05) is 13.1 Å². The van der Waals surface area contributed by atoms with E-state index in [1.54, 1.807) is 0 Å². The van der Waals surface area contributed by atoms with Crippen LogP contribution in [0.2, 0.25) is 0 Å². The molecule has 0 aromatic heterocycles. The second-order valence-corrected chi connectivity index (χ2v) is 5.61. The molecule has 5 heteroatoms. The molecule has 0 saturated carbocycles. The molecule has 0 atom stereocenters. The third-order valence-electron chi connectivity index (χ3n) is 1.48. The highest BCUT2D eigenvalue weighted by atomic mass is 32.2. The molecule has 0 unspecified atom stereocenters. The molecule has 0 aliphatic heterocycles. The lowest BCUT2D eigenvalue weighted by atomic mass is 10.1. The zero-order valence-corrected chi connectivity index (χ0v) is 9.90. The summed E-state index contributed by atoms with van der Waals surface area (Å²) in [5, 5.41) is 0. The van der Waals surface area contributed by atoms with Gasteiger partial charge in [-0.05, 0) is 20.8 Å². The fourth-order valence-corrected chi connectivity index (χ4v) is 2.60. The minimum atomic E-state index is -3.30. The van der Waals surface area contributed by atoms with Gasteiger partial charge in [-0.15, -0.1) is 0 Å². The van der Waals surface area contributed by atoms with Gasteiger partial charge in [0.15, 0.2) is 0 Å². The van der Waals surface area contributed by atoms with Crippen molar-refractivity contribution in [3.8, 4) is 0 Å². The van der Waals surface area contributed by atoms with Gasteiger partial charge in [0.1, 0.15) is 0 Å². The second kappa shape index (κ2) is 4.39. The summed E-state index contributed by atoms with van der Waals surface area (Å²) in [6.07, 6.45) is 0. The van der Waals surface area contributed by atoms with Crippen molar-refractivity contribution >= 4 is 10.2 Å². The molecule has 4 nitrogen and oxygen atoms in total. The van der Waals surface area contributed by atoms with Crippen LogP contribution in [0.3, 0.4) is 0 Å². The van der Waals surface area contributed by atoms with Gasteiger partial charge in [-0.3, -0.25) is 0 Å². The van der Waals surface area contributed by atoms with Crippen LogP contribution >= 0.6 is 0 Å². The molecule has 80 valence electrons. The molecule has 0 saturated heterocycles. The van der Waals surface area contributed by atoms with Gasteiger partial charge in [0, 0.05) is 18.6 Å². The van der Waals surface area contributed by atoms with Gasteiger partial charge >= 0.3 is 0 Å². The van der Waals surface area contributed by atoms with Crippen molar-refractivity contribution < 1.29 is 8.42 Å². The predicted molar refractivity (Wildman–Crippen MR) is 54.7 cm³/mol. The van der Waals surface area contributed by atoms with Crippen LogP contribution in [0.1, 0.15) is 34.6 Å². The zero-order chi connectivity index (χ0) is 10.7. The number of hydrogen-bond acceptors (Lipinski definition) is 2. The van der Waals surface area contributed by atoms with Crippen molar-refractivity contribution in [2.45, 2.75) is 40.2 Å². The summed E-state index contributed by atoms with van der Waals surface area (Å²) in [6.45, 7) is 10.1. The second-order valence-electron chi connectivity index (χ2n) is 3.94. The third-order valence-corrected chi connectivity index (χ3v) is 3.55. The molecule has 0 aromatic rings. The lowest BCUT2D eigenvalue weighted by Crippen LogP contribution is -2.48. The van der Waals surface area contributed by atoms with E-state index in [2.05, 4.69) is 4.72 Å². The Hall–Kier alpha value is -0.130. The SMILES string of the molecule is CCN(CC)S(=O)(=O)NC(C)(C)C. The molecule has 0 amide bonds. The molecule has 0 rings (SSSR count). The summed E-state index contributed by atoms with van der Waals surface area (Å²) in [4.78, 5) is 0. The van der Waals surface area contributed by atoms with Crippen LogP contribution in [0.4, 0.5) is 0 Å². The number of rotatable bonds is 4. The molecule has 0 aliphatic rings. The first kappa shape index (κ1) is 12.9. The molecular weight excluding hydrogens is 188 g/mol. The van der Waals surface area contributed by atoms with Crippen LogP contribution in [0.25, 0.3) is 0 Å². The van der Waals surface area contributed by atoms with Crippen molar-refractivity contribution in [1.82, 2.24) is 9.03 Å². The Morgan fingerprint density at radius 1 is 1.15 bits per heavy atom. The average molecular weight is 208 g/mol. The van der Waals surface area contributed by atoms with Gasteiger partial charge in [-0.1, -0.05) is 13.8 Å². The fraction of sp³-hybridized carbons (Fsp3) is 1.00. The Morgan fingerprint density at radius 3 is 1.77 bits per heavy atom. The van der Waals surface area contributed by atoms with Crippen LogP contribution in [0.5, 0.6) is 0 Å². The van der Waals surface area contributed by atoms with Crippen LogP contribution < -0.4 is 4.72 Å². The summed E-state index contributed by atoms with van der Waals surface area (Å²) >= 11 is 0. The van der Waals surface area contributed by atoms with E-state index in [0.717, 1.165) is 0 Å². The zero-order valence-electron chi connectivity index (χ0n) is 9.09. The Labute approximate surface area is 81.5 Å². The maximum absolute atomic E-state index is 11.6. The molecule has 1 N–H and O–H groups in total. The van der Waals surface area contributed by atoms with E-state index in [-0.39, 0.29) is 0 Å². The molecular formula is C8H20N2O2S. The van der Waals surface area contributed by atoms with Crippen LogP contribution in [-0.2, 0) is 10.2 Å². The normalized spacial score (nSPS) is 13.7. The minimum absolute atomic E-state index is 0.415. The number of hydrogen-bond donors (Lipinski definition) is 1. The summed E-state index contributed by atoms with van der Waals surface area (Å²) < 4.78 is 27.2. The quantitative estimate of drug-likeness (QED) is 0.748. The number of nitrogens with one attached hydrogen (secondary N) is 1. The van der Waals surface area contributed by atoms with Crippen LogP contribution in [0.15, 0.2) is 0 Å². The van der Waals surface area contributed by atoms with E-state index in [4.69, 9.17) is 0 Å². The van der Waals surface area contributed by atoms with Crippen molar-refractivity contribution in [3.63, 3.8) is 0 Å². The average Bonchev–Trinajstić information content (AvgIpc) is 1.83. The molecule has 0 aromatic carbocycles. The van der Waals surface area contributed by atoms with E-state index in [9.17, 15) is 8.42 Å². The Morgan fingerprint density at radius 2 is 1.54 bits per heavy atom. The molecule has 0 aliphatic carbocycles. The monoisotopic (exact) mass is 208 g/mol. The van der Waals surface area contributed by atoms with E-state index in [1.807, 2.05) is 34.6 Å². The summed E-state index contributed by atoms with van der Waals surface area (Å²) in [5.41, 5.74) is -0.415. The minimum Gasteiger partial charge on any atom is -0.197 e. The predicted octanol–water partition coefficient (Wildman–Crippen LogP) is 0.961. The third kappa shape index (κ3) is 4.59. The smallest absolute Gasteiger partial charge is 0.197 e. The molecule has 0 heterocycles. The molecule has 13 heavy (non-hydrogen) atoms. The fourth-order valence-electron chi connectivity index (χ4n) is 1.02. The van der Waals surface area contributed by atoms with E-state index in [1.165, 1.54) is 4.31 Å². The van der Waals surface area contributed by atoms with Crippen LogP contribution in [0, 0.1) is 0 Å². The van der Waals surface area contributed by atoms with Gasteiger partial charge in [-0.2, -0.15) is 17.4 Å². The van der Waals surface area contributed by atoms with Gasteiger partial charge in [0.25, 0.3) is 10.2 Å². The number of nitrogens with zero attached hydrogens (tertiary/aromatic N) is 1. The van der Waals surface area contributed by atoms with Gasteiger partial charge in [0.05, 0.1) is 0 Å². The first-order chi connectivity index (χ1) is 5.73. The van der Waals surface area contributed by atoms with Crippen LogP contribution in [-0.4, -0.2) is 31.4 Å². The van der Waals surface area contributed by atoms with Crippen molar-refractivity contribution in [3.05, 3.63) is 0 Å². The Balaban J connectivity index is 4.58. The maximum atomic E-state index is 11.6. The highest BCUT2D eigenvalue weighted by Crippen LogP contribution is 2.05. The standard InChI is InChI=1S/C8H20N2O2S/c1-6-10(7-2)13(11,12)9-8(3,4)5/h9H,6-7H2,1-5H3. The highest BCUT2D eigenvalue weighted by molar-refractivity contribution is 7.87. The Kier molecular flexibility index (Phi) is 4.35. The lowest BCUT2D eigenvalue weighted by Gasteiger charge is -2.26. The molecule has 0 fully saturated rings. The molecule has 0 radical (unpaired) electrons. The Bertz CT molecular complexity index is 237. The summed E-state index contributed by atoms with van der Waals surface area (Å²) in [6, 6.07) is 0. The first-order valence-electron chi connectivity index (χ1n) is 4.52. The van der Waals surface area contributed by atoms with E-state index >= 15 is 0 Å². The molecule has 0 bridgehead atoms. The van der Waals surface area contributed by atoms with Gasteiger partial charge in [-0.25, -0.2) is 0 Å².